The van der Waals surface area contributed by atoms with E-state index in [0.717, 1.165) is 0 Å². The number of hydrogen-bond donors (Lipinski definition) is 0. The Balaban J connectivity index is 0.00000200. The Bertz CT molecular complexity index is 687. The summed E-state index contributed by atoms with van der Waals surface area (Å²) in [5.74, 6) is 0. The Kier molecular flexibility index (Phi) is 5.70. The van der Waals surface area contributed by atoms with E-state index in [1.54, 1.807) is 18.2 Å². The van der Waals surface area contributed by atoms with E-state index in [0.29, 0.717) is 0 Å². The fourth-order valence-electron chi connectivity index (χ4n) is 1.42. The molecule has 0 atom stereocenters. The topological polar surface area (TPSA) is 91.4 Å². The molecule has 0 spiro atoms. The molecule has 0 N–H and O–H groups in total. The summed E-state index contributed by atoms with van der Waals surface area (Å²) in [5, 5.41) is 10.5. The van der Waals surface area contributed by atoms with Crippen molar-refractivity contribution in [3.8, 4) is 0 Å². The first kappa shape index (κ1) is 16.6. The molecule has 8 heteroatoms. The Morgan fingerprint density at radius 3 is 2.00 bits per heavy atom. The molecule has 6 nitrogen and oxygen atoms in total. The van der Waals surface area contributed by atoms with Gasteiger partial charge in [-0.25, -0.2) is 8.42 Å². The summed E-state index contributed by atoms with van der Waals surface area (Å²) in [6.45, 7) is 0. The molecule has 2 rings (SSSR count). The molecular weight excluding hydrogens is 291 g/mol. The molecule has 2 aromatic rings. The number of rotatable bonds is 4. The molecule has 0 heterocycles. The normalized spacial score (nSPS) is 10.4. The summed E-state index contributed by atoms with van der Waals surface area (Å²) in [5.41, 5.74) is 0.0329. The predicted octanol–water partition coefficient (Wildman–Crippen LogP) is -0.00710. The first-order valence-electron chi connectivity index (χ1n) is 5.26. The van der Waals surface area contributed by atoms with E-state index in [2.05, 4.69) is 4.72 Å². The minimum Gasteiger partial charge on any atom is -0.573 e. The summed E-state index contributed by atoms with van der Waals surface area (Å²) in [6, 6.07) is 12.8. The van der Waals surface area contributed by atoms with Crippen LogP contribution < -0.4 is 29.6 Å². The Morgan fingerprint density at radius 1 is 0.950 bits per heavy atom. The predicted molar refractivity (Wildman–Crippen MR) is 69.7 cm³/mol. The average molecular weight is 300 g/mol. The van der Waals surface area contributed by atoms with Crippen molar-refractivity contribution in [1.82, 2.24) is 0 Å². The van der Waals surface area contributed by atoms with E-state index in [1.165, 1.54) is 36.4 Å². The number of nitro groups is 1. The SMILES string of the molecule is O=[N+]([O-])c1ccc([N-]S(=O)(=O)c2ccccc2)cc1.[Na+]. The molecule has 0 radical (unpaired) electrons. The molecule has 0 aromatic heterocycles. The zero-order valence-electron chi connectivity index (χ0n) is 10.6. The van der Waals surface area contributed by atoms with Crippen LogP contribution >= 0.6 is 0 Å². The van der Waals surface area contributed by atoms with Crippen LogP contribution in [0.5, 0.6) is 0 Å². The van der Waals surface area contributed by atoms with E-state index in [-0.39, 0.29) is 45.8 Å². The van der Waals surface area contributed by atoms with Crippen LogP contribution in [0.15, 0.2) is 59.5 Å². The van der Waals surface area contributed by atoms with Crippen molar-refractivity contribution in [2.75, 3.05) is 0 Å². The monoisotopic (exact) mass is 300 g/mol. The van der Waals surface area contributed by atoms with Gasteiger partial charge in [-0.2, -0.15) is 0 Å². The molecule has 0 bridgehead atoms. The van der Waals surface area contributed by atoms with Crippen LogP contribution in [0, 0.1) is 10.1 Å². The van der Waals surface area contributed by atoms with Gasteiger partial charge >= 0.3 is 29.6 Å². The summed E-state index contributed by atoms with van der Waals surface area (Å²) in [4.78, 5) is 9.99. The standard InChI is InChI=1S/C12H9N2O4S.Na/c15-14(16)11-8-6-10(7-9-11)13-19(17,18)12-4-2-1-3-5-12;/h1-9H;/q-1;+1. The van der Waals surface area contributed by atoms with Crippen LogP contribution in [-0.4, -0.2) is 13.3 Å². The van der Waals surface area contributed by atoms with Crippen molar-refractivity contribution >= 4 is 21.4 Å². The first-order chi connectivity index (χ1) is 8.99. The number of sulfonamides is 1. The molecule has 0 amide bonds. The van der Waals surface area contributed by atoms with Crippen LogP contribution in [0.1, 0.15) is 0 Å². The zero-order chi connectivity index (χ0) is 13.9. The van der Waals surface area contributed by atoms with Gasteiger partial charge in [0.05, 0.1) is 9.82 Å². The van der Waals surface area contributed by atoms with Crippen molar-refractivity contribution in [2.24, 2.45) is 0 Å². The maximum Gasteiger partial charge on any atom is 1.00 e. The van der Waals surface area contributed by atoms with Gasteiger partial charge in [0.15, 0.2) is 0 Å². The van der Waals surface area contributed by atoms with Crippen LogP contribution in [0.2, 0.25) is 0 Å². The van der Waals surface area contributed by atoms with E-state index in [1.807, 2.05) is 0 Å². The van der Waals surface area contributed by atoms with Gasteiger partial charge in [-0.15, -0.1) is 5.69 Å². The second-order valence-corrected chi connectivity index (χ2v) is 5.26. The molecule has 98 valence electrons. The minimum atomic E-state index is -3.79. The molecule has 0 unspecified atom stereocenters. The van der Waals surface area contributed by atoms with Crippen molar-refractivity contribution in [3.63, 3.8) is 0 Å². The third-order valence-corrected chi connectivity index (χ3v) is 3.65. The van der Waals surface area contributed by atoms with Crippen LogP contribution in [0.4, 0.5) is 11.4 Å². The largest absolute Gasteiger partial charge is 1.00 e. The van der Waals surface area contributed by atoms with Gasteiger partial charge in [0.1, 0.15) is 10.0 Å². The second kappa shape index (κ2) is 6.85. The van der Waals surface area contributed by atoms with E-state index < -0.39 is 14.9 Å². The summed E-state index contributed by atoms with van der Waals surface area (Å²) < 4.78 is 27.5. The van der Waals surface area contributed by atoms with Crippen LogP contribution in [0.3, 0.4) is 0 Å². The molecule has 0 aliphatic rings. The molecular formula is C12H9N2NaO4S. The number of non-ortho nitro benzene ring substituents is 1. The molecule has 20 heavy (non-hydrogen) atoms. The van der Waals surface area contributed by atoms with E-state index in [4.69, 9.17) is 0 Å². The number of hydrogen-bond acceptors (Lipinski definition) is 4. The molecule has 0 saturated heterocycles. The fourth-order valence-corrected chi connectivity index (χ4v) is 2.42. The van der Waals surface area contributed by atoms with Gasteiger partial charge in [0.2, 0.25) is 0 Å². The van der Waals surface area contributed by atoms with Gasteiger partial charge in [-0.05, 0) is 12.1 Å². The van der Waals surface area contributed by atoms with Crippen LogP contribution in [0.25, 0.3) is 4.72 Å². The van der Waals surface area contributed by atoms with Gasteiger partial charge in [-0.3, -0.25) is 10.1 Å². The number of benzene rings is 2. The van der Waals surface area contributed by atoms with Crippen LogP contribution in [-0.2, 0) is 10.0 Å². The Labute approximate surface area is 138 Å². The smallest absolute Gasteiger partial charge is 0.573 e. The molecule has 0 fully saturated rings. The van der Waals surface area contributed by atoms with Crippen molar-refractivity contribution in [2.45, 2.75) is 4.90 Å². The van der Waals surface area contributed by atoms with E-state index >= 15 is 0 Å². The zero-order valence-corrected chi connectivity index (χ0v) is 13.4. The Hall–Kier alpha value is -1.41. The van der Waals surface area contributed by atoms with Gasteiger partial charge in [0, 0.05) is 12.1 Å². The minimum absolute atomic E-state index is 0. The van der Waals surface area contributed by atoms with Crippen molar-refractivity contribution in [3.05, 3.63) is 69.4 Å². The third kappa shape index (κ3) is 4.04. The summed E-state index contributed by atoms with van der Waals surface area (Å²) in [6.07, 6.45) is 0. The quantitative estimate of drug-likeness (QED) is 0.451. The Morgan fingerprint density at radius 2 is 1.50 bits per heavy atom. The van der Waals surface area contributed by atoms with Gasteiger partial charge in [-0.1, -0.05) is 30.3 Å². The maximum absolute atomic E-state index is 11.9. The van der Waals surface area contributed by atoms with E-state index in [9.17, 15) is 18.5 Å². The number of nitrogens with zero attached hydrogens (tertiary/aromatic N) is 2. The van der Waals surface area contributed by atoms with Crippen molar-refractivity contribution in [1.29, 1.82) is 0 Å². The average Bonchev–Trinajstić information content (AvgIpc) is 2.40. The number of nitro benzene ring substituents is 1. The summed E-state index contributed by atoms with van der Waals surface area (Å²) in [7, 11) is -3.79. The molecule has 0 saturated carbocycles. The fraction of sp³-hybridized carbons (Fsp3) is 0. The van der Waals surface area contributed by atoms with Crippen molar-refractivity contribution < 1.29 is 42.9 Å². The summed E-state index contributed by atoms with van der Waals surface area (Å²) >= 11 is 0. The molecule has 0 aliphatic heterocycles. The second-order valence-electron chi connectivity index (χ2n) is 3.65. The third-order valence-electron chi connectivity index (χ3n) is 2.33. The van der Waals surface area contributed by atoms with Gasteiger partial charge < -0.3 is 4.72 Å². The van der Waals surface area contributed by atoms with Gasteiger partial charge in [0.25, 0.3) is 5.69 Å². The molecule has 0 aliphatic carbocycles. The first-order valence-corrected chi connectivity index (χ1v) is 6.70. The maximum atomic E-state index is 11.9. The molecule has 2 aromatic carbocycles.